The fourth-order valence-electron chi connectivity index (χ4n) is 3.35. The van der Waals surface area contributed by atoms with E-state index in [0.717, 1.165) is 5.56 Å². The maximum Gasteiger partial charge on any atom is 0.283 e. The van der Waals surface area contributed by atoms with E-state index < -0.39 is 5.91 Å². The van der Waals surface area contributed by atoms with Gasteiger partial charge in [0.05, 0.1) is 17.2 Å². The van der Waals surface area contributed by atoms with Gasteiger partial charge >= 0.3 is 0 Å². The Morgan fingerprint density at radius 1 is 1.28 bits per heavy atom. The molecule has 0 saturated carbocycles. The molecule has 10 heteroatoms. The molecule has 0 aliphatic carbocycles. The molecule has 1 N–H and O–H groups in total. The topological polar surface area (TPSA) is 93.4 Å². The average molecular weight is 514 g/mol. The third kappa shape index (κ3) is 3.76. The van der Waals surface area contributed by atoms with Gasteiger partial charge in [-0.05, 0) is 62.8 Å². The predicted octanol–water partition coefficient (Wildman–Crippen LogP) is 4.54. The molecule has 0 aromatic heterocycles. The molecule has 3 aliphatic heterocycles. The molecule has 0 spiro atoms. The highest BCUT2D eigenvalue weighted by atomic mass is 79.9. The van der Waals surface area contributed by atoms with Crippen molar-refractivity contribution in [3.05, 3.63) is 63.1 Å². The number of halogens is 1. The molecular weight excluding hydrogens is 498 g/mol. The van der Waals surface area contributed by atoms with E-state index >= 15 is 0 Å². The molecule has 0 bridgehead atoms. The molecule has 0 saturated heterocycles. The van der Waals surface area contributed by atoms with Gasteiger partial charge in [0.2, 0.25) is 6.79 Å². The second-order valence-electron chi connectivity index (χ2n) is 6.89. The number of benzene rings is 2. The molecule has 5 rings (SSSR count). The van der Waals surface area contributed by atoms with Crippen LogP contribution in [0.2, 0.25) is 0 Å². The molecule has 32 heavy (non-hydrogen) atoms. The molecule has 2 aromatic rings. The van der Waals surface area contributed by atoms with Crippen molar-refractivity contribution in [1.82, 2.24) is 4.90 Å². The largest absolute Gasteiger partial charge is 0.493 e. The van der Waals surface area contributed by atoms with Crippen molar-refractivity contribution in [3.8, 4) is 23.0 Å². The number of rotatable bonds is 5. The van der Waals surface area contributed by atoms with Gasteiger partial charge in [0, 0.05) is 6.20 Å². The van der Waals surface area contributed by atoms with Gasteiger partial charge in [-0.15, -0.1) is 0 Å². The lowest BCUT2D eigenvalue weighted by molar-refractivity contribution is -0.114. The van der Waals surface area contributed by atoms with Crippen molar-refractivity contribution < 1.29 is 23.7 Å². The van der Waals surface area contributed by atoms with E-state index in [1.807, 2.05) is 18.2 Å². The van der Waals surface area contributed by atoms with Gasteiger partial charge in [-0.2, -0.15) is 4.99 Å². The number of ether oxygens (including phenoxy) is 4. The number of thioether (sulfide) groups is 1. The lowest BCUT2D eigenvalue weighted by atomic mass is 10.1. The Morgan fingerprint density at radius 3 is 2.97 bits per heavy atom. The van der Waals surface area contributed by atoms with E-state index in [1.54, 1.807) is 41.8 Å². The maximum absolute atomic E-state index is 12.4. The smallest absolute Gasteiger partial charge is 0.283 e. The third-order valence-electron chi connectivity index (χ3n) is 4.90. The Hall–Kier alpha value is -3.24. The Morgan fingerprint density at radius 2 is 2.12 bits per heavy atom. The summed E-state index contributed by atoms with van der Waals surface area (Å²) in [6, 6.07) is 9.19. The summed E-state index contributed by atoms with van der Waals surface area (Å²) >= 11 is 4.84. The van der Waals surface area contributed by atoms with Gasteiger partial charge in [0.1, 0.15) is 12.4 Å². The van der Waals surface area contributed by atoms with E-state index in [0.29, 0.717) is 44.8 Å². The minimum Gasteiger partial charge on any atom is -0.493 e. The molecule has 0 radical (unpaired) electrons. The quantitative estimate of drug-likeness (QED) is 0.586. The Kier molecular flexibility index (Phi) is 5.40. The van der Waals surface area contributed by atoms with Gasteiger partial charge in [0.25, 0.3) is 5.91 Å². The number of amidine groups is 2. The summed E-state index contributed by atoms with van der Waals surface area (Å²) in [6.07, 6.45) is 3.34. The number of carbonyl (C=O) groups is 1. The van der Waals surface area contributed by atoms with Gasteiger partial charge in [-0.25, -0.2) is 0 Å². The van der Waals surface area contributed by atoms with Crippen molar-refractivity contribution in [2.75, 3.05) is 13.9 Å². The van der Waals surface area contributed by atoms with Crippen molar-refractivity contribution in [3.63, 3.8) is 0 Å². The zero-order valence-corrected chi connectivity index (χ0v) is 19.2. The van der Waals surface area contributed by atoms with Crippen molar-refractivity contribution >= 4 is 50.7 Å². The first kappa shape index (κ1) is 20.7. The molecule has 8 nitrogen and oxygen atoms in total. The highest BCUT2D eigenvalue weighted by Crippen LogP contribution is 2.39. The molecule has 0 unspecified atom stereocenters. The van der Waals surface area contributed by atoms with Crippen LogP contribution in [0.5, 0.6) is 23.0 Å². The molecule has 0 atom stereocenters. The van der Waals surface area contributed by atoms with Crippen LogP contribution in [-0.2, 0) is 11.4 Å². The van der Waals surface area contributed by atoms with Crippen molar-refractivity contribution in [1.29, 1.82) is 5.41 Å². The summed E-state index contributed by atoms with van der Waals surface area (Å²) in [7, 11) is 1.54. The second kappa shape index (κ2) is 8.36. The van der Waals surface area contributed by atoms with Crippen LogP contribution in [0, 0.1) is 5.41 Å². The van der Waals surface area contributed by atoms with Gasteiger partial charge in [-0.1, -0.05) is 17.8 Å². The molecule has 162 valence electrons. The SMILES string of the molecule is COc1cc(/C=C2/C(=N)N3C=CSC3=NC2=O)cc(Br)c1OCc1ccc2c(c1)OCO2. The first-order chi connectivity index (χ1) is 15.5. The number of nitrogens with zero attached hydrogens (tertiary/aromatic N) is 2. The number of aliphatic imine (C=N–C) groups is 1. The van der Waals surface area contributed by atoms with Gasteiger partial charge in [-0.3, -0.25) is 15.1 Å². The predicted molar refractivity (Wildman–Crippen MR) is 124 cm³/mol. The highest BCUT2D eigenvalue weighted by molar-refractivity contribution is 9.10. The molecule has 3 heterocycles. The number of amides is 1. The zero-order chi connectivity index (χ0) is 22.2. The van der Waals surface area contributed by atoms with E-state index in [1.165, 1.54) is 11.8 Å². The standard InChI is InChI=1S/C22H16BrN3O5S/c1-28-18-9-13(6-14-20(24)26-4-5-32-22(26)25-21(14)27)7-15(23)19(18)29-10-12-2-3-16-17(8-12)31-11-30-16/h2-9,24H,10-11H2,1H3/b14-6-,24-20?. The number of carbonyl (C=O) groups excluding carboxylic acids is 1. The van der Waals surface area contributed by atoms with Crippen LogP contribution in [0.4, 0.5) is 0 Å². The minimum atomic E-state index is -0.448. The Balaban J connectivity index is 1.40. The first-order valence-corrected chi connectivity index (χ1v) is 11.2. The number of methoxy groups -OCH3 is 1. The summed E-state index contributed by atoms with van der Waals surface area (Å²) in [5.74, 6) is 2.05. The molecule has 3 aliphatic rings. The lowest BCUT2D eigenvalue weighted by Gasteiger charge is -2.22. The number of fused-ring (bicyclic) bond motifs is 2. The monoisotopic (exact) mass is 513 g/mol. The van der Waals surface area contributed by atoms with Gasteiger partial charge in [0.15, 0.2) is 28.2 Å². The lowest BCUT2D eigenvalue weighted by Crippen LogP contribution is -2.35. The molecule has 2 aromatic carbocycles. The minimum absolute atomic E-state index is 0.0828. The Labute approximate surface area is 196 Å². The normalized spacial score (nSPS) is 17.6. The average Bonchev–Trinajstić information content (AvgIpc) is 3.44. The van der Waals surface area contributed by atoms with Crippen molar-refractivity contribution in [2.45, 2.75) is 6.61 Å². The van der Waals surface area contributed by atoms with E-state index in [9.17, 15) is 4.79 Å². The van der Waals surface area contributed by atoms with E-state index in [2.05, 4.69) is 20.9 Å². The van der Waals surface area contributed by atoms with Crippen LogP contribution >= 0.6 is 27.7 Å². The zero-order valence-electron chi connectivity index (χ0n) is 16.8. The van der Waals surface area contributed by atoms with E-state index in [4.69, 9.17) is 24.4 Å². The van der Waals surface area contributed by atoms with Crippen LogP contribution in [0.1, 0.15) is 11.1 Å². The van der Waals surface area contributed by atoms with Crippen molar-refractivity contribution in [2.24, 2.45) is 4.99 Å². The maximum atomic E-state index is 12.4. The number of hydrogen-bond donors (Lipinski definition) is 1. The number of hydrogen-bond acceptors (Lipinski definition) is 7. The van der Waals surface area contributed by atoms with Crippen LogP contribution < -0.4 is 18.9 Å². The summed E-state index contributed by atoms with van der Waals surface area (Å²) in [6.45, 7) is 0.515. The van der Waals surface area contributed by atoms with Crippen LogP contribution in [-0.4, -0.2) is 35.7 Å². The van der Waals surface area contributed by atoms with E-state index in [-0.39, 0.29) is 18.2 Å². The second-order valence-corrected chi connectivity index (χ2v) is 8.62. The fraction of sp³-hybridized carbons (Fsp3) is 0.136. The fourth-order valence-corrected chi connectivity index (χ4v) is 4.63. The Bertz CT molecular complexity index is 1240. The summed E-state index contributed by atoms with van der Waals surface area (Å²) < 4.78 is 22.9. The number of nitrogens with one attached hydrogen (secondary N) is 1. The van der Waals surface area contributed by atoms with Crippen LogP contribution in [0.15, 0.2) is 57.0 Å². The summed E-state index contributed by atoms with van der Waals surface area (Å²) in [4.78, 5) is 18.1. The van der Waals surface area contributed by atoms with Crippen LogP contribution in [0.3, 0.4) is 0 Å². The van der Waals surface area contributed by atoms with Gasteiger partial charge < -0.3 is 18.9 Å². The first-order valence-electron chi connectivity index (χ1n) is 9.48. The molecule has 1 amide bonds. The highest BCUT2D eigenvalue weighted by Gasteiger charge is 2.31. The molecular formula is C22H16BrN3O5S. The van der Waals surface area contributed by atoms with Crippen LogP contribution in [0.25, 0.3) is 6.08 Å². The third-order valence-corrected chi connectivity index (χ3v) is 6.24. The summed E-state index contributed by atoms with van der Waals surface area (Å²) in [5.41, 5.74) is 1.79. The molecule has 0 fully saturated rings. The summed E-state index contributed by atoms with van der Waals surface area (Å²) in [5, 5.41) is 10.6.